The summed E-state index contributed by atoms with van der Waals surface area (Å²) in [5.74, 6) is -0.829. The fraction of sp³-hybridized carbons (Fsp3) is 0.467. The molecule has 3 N–H and O–H groups in total. The Bertz CT molecular complexity index is 450. The lowest BCUT2D eigenvalue weighted by atomic mass is 10.1. The molecule has 6 heteroatoms. The van der Waals surface area contributed by atoms with E-state index in [4.69, 9.17) is 0 Å². The molecule has 0 aromatic heterocycles. The molecule has 2 atom stereocenters. The monoisotopic (exact) mass is 294 g/mol. The molecule has 1 amide bonds. The SMILES string of the molecule is COC(=O)C(CNC(CO)Cc1ccccc1)NC(C)=O. The van der Waals surface area contributed by atoms with Crippen LogP contribution in [0.3, 0.4) is 0 Å². The second-order valence-corrected chi connectivity index (χ2v) is 4.75. The summed E-state index contributed by atoms with van der Waals surface area (Å²) in [6.45, 7) is 1.47. The van der Waals surface area contributed by atoms with Crippen LogP contribution >= 0.6 is 0 Å². The van der Waals surface area contributed by atoms with Crippen molar-refractivity contribution in [3.63, 3.8) is 0 Å². The van der Waals surface area contributed by atoms with Gasteiger partial charge in [-0.05, 0) is 12.0 Å². The molecule has 2 unspecified atom stereocenters. The normalized spacial score (nSPS) is 13.3. The Kier molecular flexibility index (Phi) is 7.42. The lowest BCUT2D eigenvalue weighted by molar-refractivity contribution is -0.144. The van der Waals surface area contributed by atoms with Crippen molar-refractivity contribution in [1.82, 2.24) is 10.6 Å². The number of amides is 1. The first-order valence-corrected chi connectivity index (χ1v) is 6.80. The van der Waals surface area contributed by atoms with E-state index in [9.17, 15) is 14.7 Å². The van der Waals surface area contributed by atoms with Crippen molar-refractivity contribution < 1.29 is 19.4 Å². The fourth-order valence-corrected chi connectivity index (χ4v) is 1.97. The summed E-state index contributed by atoms with van der Waals surface area (Å²) >= 11 is 0. The fourth-order valence-electron chi connectivity index (χ4n) is 1.97. The summed E-state index contributed by atoms with van der Waals surface area (Å²) < 4.78 is 4.64. The number of carbonyl (C=O) groups is 2. The van der Waals surface area contributed by atoms with Gasteiger partial charge in [0.2, 0.25) is 5.91 Å². The van der Waals surface area contributed by atoms with E-state index in [1.807, 2.05) is 30.3 Å². The lowest BCUT2D eigenvalue weighted by Crippen LogP contribution is -2.50. The third-order valence-corrected chi connectivity index (χ3v) is 3.02. The molecule has 1 rings (SSSR count). The highest BCUT2D eigenvalue weighted by atomic mass is 16.5. The maximum absolute atomic E-state index is 11.6. The largest absolute Gasteiger partial charge is 0.467 e. The van der Waals surface area contributed by atoms with Gasteiger partial charge in [0.1, 0.15) is 6.04 Å². The molecule has 0 aliphatic heterocycles. The van der Waals surface area contributed by atoms with Crippen LogP contribution in [0.25, 0.3) is 0 Å². The summed E-state index contributed by atoms with van der Waals surface area (Å²) in [7, 11) is 1.27. The quantitative estimate of drug-likeness (QED) is 0.581. The standard InChI is InChI=1S/C15H22N2O4/c1-11(19)17-14(15(20)21-2)9-16-13(10-18)8-12-6-4-3-5-7-12/h3-7,13-14,16,18H,8-10H2,1-2H3,(H,17,19). The van der Waals surface area contributed by atoms with E-state index in [1.54, 1.807) is 0 Å². The van der Waals surface area contributed by atoms with Crippen LogP contribution in [0.4, 0.5) is 0 Å². The number of methoxy groups -OCH3 is 1. The van der Waals surface area contributed by atoms with Crippen LogP contribution in [0, 0.1) is 0 Å². The first kappa shape index (κ1) is 17.1. The Hall–Kier alpha value is -1.92. The average molecular weight is 294 g/mol. The molecule has 1 aromatic rings. The summed E-state index contributed by atoms with van der Waals surface area (Å²) in [5, 5.41) is 15.0. The molecule has 6 nitrogen and oxygen atoms in total. The Morgan fingerprint density at radius 1 is 1.29 bits per heavy atom. The number of benzene rings is 1. The van der Waals surface area contributed by atoms with Crippen molar-refractivity contribution in [1.29, 1.82) is 0 Å². The van der Waals surface area contributed by atoms with Gasteiger partial charge in [-0.25, -0.2) is 4.79 Å². The maximum atomic E-state index is 11.6. The Morgan fingerprint density at radius 3 is 2.48 bits per heavy atom. The Balaban J connectivity index is 2.55. The van der Waals surface area contributed by atoms with Crippen LogP contribution in [0.1, 0.15) is 12.5 Å². The van der Waals surface area contributed by atoms with E-state index < -0.39 is 12.0 Å². The maximum Gasteiger partial charge on any atom is 0.329 e. The number of aliphatic hydroxyl groups excluding tert-OH is 1. The molecular weight excluding hydrogens is 272 g/mol. The summed E-state index contributed by atoms with van der Waals surface area (Å²) in [6, 6.07) is 8.75. The Morgan fingerprint density at radius 2 is 1.95 bits per heavy atom. The van der Waals surface area contributed by atoms with E-state index >= 15 is 0 Å². The summed E-state index contributed by atoms with van der Waals surface area (Å²) in [5.41, 5.74) is 1.08. The predicted molar refractivity (Wildman–Crippen MR) is 78.6 cm³/mol. The van der Waals surface area contributed by atoms with Gasteiger partial charge in [0.25, 0.3) is 0 Å². The number of esters is 1. The van der Waals surface area contributed by atoms with Gasteiger partial charge in [0, 0.05) is 19.5 Å². The number of ether oxygens (including phenoxy) is 1. The van der Waals surface area contributed by atoms with Crippen molar-refractivity contribution in [3.05, 3.63) is 35.9 Å². The average Bonchev–Trinajstić information content (AvgIpc) is 2.49. The molecule has 116 valence electrons. The number of hydrogen-bond donors (Lipinski definition) is 3. The van der Waals surface area contributed by atoms with E-state index in [0.29, 0.717) is 6.42 Å². The van der Waals surface area contributed by atoms with E-state index in [2.05, 4.69) is 15.4 Å². The third kappa shape index (κ3) is 6.37. The highest BCUT2D eigenvalue weighted by molar-refractivity contribution is 5.83. The van der Waals surface area contributed by atoms with Crippen LogP contribution in [-0.2, 0) is 20.7 Å². The van der Waals surface area contributed by atoms with Crippen LogP contribution in [0.5, 0.6) is 0 Å². The summed E-state index contributed by atoms with van der Waals surface area (Å²) in [6.07, 6.45) is 0.630. The van der Waals surface area contributed by atoms with Crippen LogP contribution < -0.4 is 10.6 Å². The van der Waals surface area contributed by atoms with Crippen molar-refractivity contribution in [2.45, 2.75) is 25.4 Å². The zero-order valence-corrected chi connectivity index (χ0v) is 12.3. The molecular formula is C15H22N2O4. The highest BCUT2D eigenvalue weighted by Gasteiger charge is 2.21. The van der Waals surface area contributed by atoms with Gasteiger partial charge in [-0.1, -0.05) is 30.3 Å². The smallest absolute Gasteiger partial charge is 0.329 e. The van der Waals surface area contributed by atoms with Gasteiger partial charge in [-0.15, -0.1) is 0 Å². The molecule has 0 spiro atoms. The van der Waals surface area contributed by atoms with Crippen LogP contribution in [0.15, 0.2) is 30.3 Å². The molecule has 0 saturated heterocycles. The minimum Gasteiger partial charge on any atom is -0.467 e. The topological polar surface area (TPSA) is 87.7 Å². The zero-order chi connectivity index (χ0) is 15.7. The molecule has 0 aliphatic carbocycles. The van der Waals surface area contributed by atoms with Crippen molar-refractivity contribution in [2.75, 3.05) is 20.3 Å². The van der Waals surface area contributed by atoms with Gasteiger partial charge in [-0.2, -0.15) is 0 Å². The molecule has 0 radical (unpaired) electrons. The first-order chi connectivity index (χ1) is 10.1. The second-order valence-electron chi connectivity index (χ2n) is 4.75. The third-order valence-electron chi connectivity index (χ3n) is 3.02. The predicted octanol–water partition coefficient (Wildman–Crippen LogP) is -0.143. The van der Waals surface area contributed by atoms with Crippen LogP contribution in [-0.4, -0.2) is 49.3 Å². The van der Waals surface area contributed by atoms with Gasteiger partial charge >= 0.3 is 5.97 Å². The number of carbonyl (C=O) groups excluding carboxylic acids is 2. The highest BCUT2D eigenvalue weighted by Crippen LogP contribution is 2.03. The molecule has 0 heterocycles. The zero-order valence-electron chi connectivity index (χ0n) is 12.3. The minimum atomic E-state index is -0.766. The van der Waals surface area contributed by atoms with Crippen LogP contribution in [0.2, 0.25) is 0 Å². The van der Waals surface area contributed by atoms with Crippen molar-refractivity contribution in [2.24, 2.45) is 0 Å². The minimum absolute atomic E-state index is 0.0666. The molecule has 21 heavy (non-hydrogen) atoms. The van der Waals surface area contributed by atoms with Gasteiger partial charge in [-0.3, -0.25) is 4.79 Å². The number of hydrogen-bond acceptors (Lipinski definition) is 5. The molecule has 0 aliphatic rings. The van der Waals surface area contributed by atoms with E-state index in [0.717, 1.165) is 5.56 Å². The second kappa shape index (κ2) is 9.10. The lowest BCUT2D eigenvalue weighted by Gasteiger charge is -2.21. The van der Waals surface area contributed by atoms with Crippen molar-refractivity contribution >= 4 is 11.9 Å². The van der Waals surface area contributed by atoms with Gasteiger partial charge < -0.3 is 20.5 Å². The van der Waals surface area contributed by atoms with E-state index in [-0.39, 0.29) is 25.1 Å². The first-order valence-electron chi connectivity index (χ1n) is 6.80. The van der Waals surface area contributed by atoms with Gasteiger partial charge in [0.15, 0.2) is 0 Å². The molecule has 0 fully saturated rings. The number of aliphatic hydroxyl groups is 1. The molecule has 0 bridgehead atoms. The van der Waals surface area contributed by atoms with E-state index in [1.165, 1.54) is 14.0 Å². The van der Waals surface area contributed by atoms with Crippen molar-refractivity contribution in [3.8, 4) is 0 Å². The molecule has 1 aromatic carbocycles. The Labute approximate surface area is 124 Å². The number of nitrogens with one attached hydrogen (secondary N) is 2. The molecule has 0 saturated carbocycles. The van der Waals surface area contributed by atoms with Gasteiger partial charge in [0.05, 0.1) is 13.7 Å². The number of rotatable bonds is 8. The summed E-state index contributed by atoms with van der Waals surface area (Å²) in [4.78, 5) is 22.7.